The molecule has 0 bridgehead atoms. The summed E-state index contributed by atoms with van der Waals surface area (Å²) in [6, 6.07) is 5.13. The lowest BCUT2D eigenvalue weighted by Gasteiger charge is -2.17. The molecule has 0 saturated carbocycles. The average molecular weight is 284 g/mol. The van der Waals surface area contributed by atoms with E-state index in [0.717, 1.165) is 11.3 Å². The molecule has 1 amide bonds. The molecule has 1 aromatic rings. The molecule has 0 radical (unpaired) electrons. The van der Waals surface area contributed by atoms with Gasteiger partial charge in [-0.25, -0.2) is 8.42 Å². The van der Waals surface area contributed by atoms with Gasteiger partial charge in [0.05, 0.1) is 5.75 Å². The smallest absolute Gasteiger partial charge is 0.251 e. The summed E-state index contributed by atoms with van der Waals surface area (Å²) >= 11 is 0. The van der Waals surface area contributed by atoms with Crippen molar-refractivity contribution in [2.24, 2.45) is 0 Å². The summed E-state index contributed by atoms with van der Waals surface area (Å²) in [5, 5.41) is 5.71. The predicted octanol–water partition coefficient (Wildman–Crippen LogP) is 1.20. The van der Waals surface area contributed by atoms with E-state index in [1.807, 2.05) is 13.0 Å². The Labute approximate surface area is 114 Å². The van der Waals surface area contributed by atoms with Crippen LogP contribution < -0.4 is 10.6 Å². The lowest BCUT2D eigenvalue weighted by molar-refractivity contribution is 0.0962. The molecule has 0 heterocycles. The molecule has 5 nitrogen and oxygen atoms in total. The molecule has 1 unspecified atom stereocenters. The topological polar surface area (TPSA) is 75.3 Å². The molecule has 19 heavy (non-hydrogen) atoms. The Bertz CT molecular complexity index is 567. The first-order valence-electron chi connectivity index (χ1n) is 6.00. The van der Waals surface area contributed by atoms with Crippen molar-refractivity contribution in [1.29, 1.82) is 0 Å². The Morgan fingerprint density at radius 1 is 1.37 bits per heavy atom. The van der Waals surface area contributed by atoms with E-state index in [-0.39, 0.29) is 17.7 Å². The monoisotopic (exact) mass is 284 g/mol. The van der Waals surface area contributed by atoms with Crippen molar-refractivity contribution in [2.75, 3.05) is 24.4 Å². The summed E-state index contributed by atoms with van der Waals surface area (Å²) in [6.45, 7) is 3.63. The second-order valence-corrected chi connectivity index (χ2v) is 6.88. The Kier molecular flexibility index (Phi) is 4.94. The van der Waals surface area contributed by atoms with E-state index >= 15 is 0 Å². The molecule has 2 N–H and O–H groups in total. The van der Waals surface area contributed by atoms with Crippen LogP contribution in [0.15, 0.2) is 18.2 Å². The van der Waals surface area contributed by atoms with E-state index in [0.29, 0.717) is 5.56 Å². The largest absolute Gasteiger partial charge is 0.381 e. The van der Waals surface area contributed by atoms with Crippen molar-refractivity contribution in [1.82, 2.24) is 5.32 Å². The van der Waals surface area contributed by atoms with Gasteiger partial charge in [-0.15, -0.1) is 0 Å². The first-order valence-corrected chi connectivity index (χ1v) is 8.06. The van der Waals surface area contributed by atoms with Crippen LogP contribution in [-0.2, 0) is 9.84 Å². The zero-order valence-electron chi connectivity index (χ0n) is 11.6. The first-order chi connectivity index (χ1) is 8.74. The third-order valence-electron chi connectivity index (χ3n) is 2.76. The van der Waals surface area contributed by atoms with Crippen molar-refractivity contribution in [3.8, 4) is 0 Å². The van der Waals surface area contributed by atoms with Crippen molar-refractivity contribution < 1.29 is 13.2 Å². The van der Waals surface area contributed by atoms with Crippen LogP contribution in [0.2, 0.25) is 0 Å². The molecule has 0 spiro atoms. The van der Waals surface area contributed by atoms with Crippen molar-refractivity contribution >= 4 is 21.4 Å². The van der Waals surface area contributed by atoms with E-state index in [2.05, 4.69) is 10.6 Å². The van der Waals surface area contributed by atoms with Gasteiger partial charge in [0.15, 0.2) is 0 Å². The van der Waals surface area contributed by atoms with E-state index in [1.54, 1.807) is 26.1 Å². The molecule has 1 atom stereocenters. The molecule has 0 aliphatic carbocycles. The number of hydrogen-bond donors (Lipinski definition) is 2. The number of sulfone groups is 1. The molecule has 106 valence electrons. The van der Waals surface area contributed by atoms with Gasteiger partial charge in [0.2, 0.25) is 0 Å². The van der Waals surface area contributed by atoms with Crippen molar-refractivity contribution in [3.05, 3.63) is 29.3 Å². The van der Waals surface area contributed by atoms with Crippen molar-refractivity contribution in [2.45, 2.75) is 19.9 Å². The van der Waals surface area contributed by atoms with Gasteiger partial charge in [0.1, 0.15) is 9.84 Å². The maximum atomic E-state index is 11.7. The van der Waals surface area contributed by atoms with Crippen LogP contribution in [0.5, 0.6) is 0 Å². The zero-order chi connectivity index (χ0) is 14.6. The van der Waals surface area contributed by atoms with E-state index in [1.165, 1.54) is 6.26 Å². The second kappa shape index (κ2) is 6.06. The fourth-order valence-electron chi connectivity index (χ4n) is 1.93. The molecule has 0 fully saturated rings. The third kappa shape index (κ3) is 4.55. The Morgan fingerprint density at radius 2 is 2.00 bits per heavy atom. The second-order valence-electron chi connectivity index (χ2n) is 4.70. The summed E-state index contributed by atoms with van der Waals surface area (Å²) < 4.78 is 22.5. The number of carbonyl (C=O) groups is 1. The van der Waals surface area contributed by atoms with Crippen LogP contribution in [0.3, 0.4) is 0 Å². The highest BCUT2D eigenvalue weighted by Crippen LogP contribution is 2.20. The summed E-state index contributed by atoms with van der Waals surface area (Å²) in [4.78, 5) is 11.7. The highest BCUT2D eigenvalue weighted by Gasteiger charge is 2.14. The van der Waals surface area contributed by atoms with Crippen LogP contribution in [0.25, 0.3) is 0 Å². The van der Waals surface area contributed by atoms with Crippen LogP contribution in [0, 0.1) is 6.92 Å². The van der Waals surface area contributed by atoms with Gasteiger partial charge in [-0.3, -0.25) is 4.79 Å². The summed E-state index contributed by atoms with van der Waals surface area (Å²) in [6.07, 6.45) is 1.21. The van der Waals surface area contributed by atoms with Crippen LogP contribution in [0.4, 0.5) is 5.69 Å². The molecule has 0 aliphatic rings. The molecular weight excluding hydrogens is 264 g/mol. The quantitative estimate of drug-likeness (QED) is 0.852. The minimum atomic E-state index is -3.03. The Balaban J connectivity index is 2.94. The third-order valence-corrected chi connectivity index (χ3v) is 3.87. The average Bonchev–Trinajstić information content (AvgIpc) is 2.28. The fourth-order valence-corrected chi connectivity index (χ4v) is 2.93. The molecule has 1 rings (SSSR count). The molecule has 6 heteroatoms. The standard InChI is InChI=1S/C13H20N2O3S/c1-9(8-19(4,17)18)15-12-7-5-6-11(10(12)2)13(16)14-3/h5-7,9,15H,8H2,1-4H3,(H,14,16). The van der Waals surface area contributed by atoms with E-state index < -0.39 is 9.84 Å². The molecule has 0 saturated heterocycles. The zero-order valence-corrected chi connectivity index (χ0v) is 12.5. The number of hydrogen-bond acceptors (Lipinski definition) is 4. The van der Waals surface area contributed by atoms with Crippen LogP contribution in [-0.4, -0.2) is 39.4 Å². The highest BCUT2D eigenvalue weighted by atomic mass is 32.2. The Morgan fingerprint density at radius 3 is 2.53 bits per heavy atom. The highest BCUT2D eigenvalue weighted by molar-refractivity contribution is 7.90. The number of anilines is 1. The Hall–Kier alpha value is -1.56. The van der Waals surface area contributed by atoms with Gasteiger partial charge in [0, 0.05) is 30.6 Å². The van der Waals surface area contributed by atoms with E-state index in [4.69, 9.17) is 0 Å². The number of benzene rings is 1. The van der Waals surface area contributed by atoms with Gasteiger partial charge in [0.25, 0.3) is 5.91 Å². The van der Waals surface area contributed by atoms with Crippen molar-refractivity contribution in [3.63, 3.8) is 0 Å². The number of carbonyl (C=O) groups excluding carboxylic acids is 1. The lowest BCUT2D eigenvalue weighted by atomic mass is 10.1. The van der Waals surface area contributed by atoms with Crippen LogP contribution >= 0.6 is 0 Å². The van der Waals surface area contributed by atoms with Gasteiger partial charge >= 0.3 is 0 Å². The summed E-state index contributed by atoms with van der Waals surface area (Å²) in [5.41, 5.74) is 2.17. The minimum Gasteiger partial charge on any atom is -0.381 e. The SMILES string of the molecule is CNC(=O)c1cccc(NC(C)CS(C)(=O)=O)c1C. The van der Waals surface area contributed by atoms with Gasteiger partial charge in [-0.1, -0.05) is 6.07 Å². The number of amides is 1. The predicted molar refractivity (Wildman–Crippen MR) is 77.4 cm³/mol. The molecule has 0 aromatic heterocycles. The maximum Gasteiger partial charge on any atom is 0.251 e. The minimum absolute atomic E-state index is 0.0522. The summed E-state index contributed by atoms with van der Waals surface area (Å²) in [5.74, 6) is -0.103. The molecule has 1 aromatic carbocycles. The number of rotatable bonds is 5. The maximum absolute atomic E-state index is 11.7. The summed E-state index contributed by atoms with van der Waals surface area (Å²) in [7, 11) is -1.45. The fraction of sp³-hybridized carbons (Fsp3) is 0.462. The van der Waals surface area contributed by atoms with Gasteiger partial charge in [-0.05, 0) is 31.5 Å². The molecular formula is C13H20N2O3S. The number of nitrogens with one attached hydrogen (secondary N) is 2. The van der Waals surface area contributed by atoms with Gasteiger partial charge in [-0.2, -0.15) is 0 Å². The van der Waals surface area contributed by atoms with E-state index in [9.17, 15) is 13.2 Å². The molecule has 0 aliphatic heterocycles. The lowest BCUT2D eigenvalue weighted by Crippen LogP contribution is -2.26. The normalized spacial score (nSPS) is 12.8. The van der Waals surface area contributed by atoms with Crippen LogP contribution in [0.1, 0.15) is 22.8 Å². The van der Waals surface area contributed by atoms with Gasteiger partial charge < -0.3 is 10.6 Å². The first kappa shape index (κ1) is 15.5.